The van der Waals surface area contributed by atoms with Gasteiger partial charge < -0.3 is 29.3 Å². The van der Waals surface area contributed by atoms with Crippen LogP contribution in [0.4, 0.5) is 4.39 Å². The van der Waals surface area contributed by atoms with Crippen LogP contribution in [0.2, 0.25) is 0 Å². The Labute approximate surface area is 182 Å². The van der Waals surface area contributed by atoms with Crippen LogP contribution >= 0.6 is 34.7 Å². The molecule has 0 saturated carbocycles. The monoisotopic (exact) mass is 546 g/mol. The van der Waals surface area contributed by atoms with Crippen molar-refractivity contribution in [3.63, 3.8) is 0 Å². The maximum atomic E-state index is 14.8. The van der Waals surface area contributed by atoms with E-state index in [-0.39, 0.29) is 6.61 Å². The fourth-order valence-electron chi connectivity index (χ4n) is 2.58. The van der Waals surface area contributed by atoms with Gasteiger partial charge in [-0.1, -0.05) is 12.2 Å². The summed E-state index contributed by atoms with van der Waals surface area (Å²) in [6.07, 6.45) is -5.52. The highest BCUT2D eigenvalue weighted by Gasteiger charge is 2.58. The Kier molecular flexibility index (Phi) is 8.50. The molecule has 1 aromatic heterocycles. The second kappa shape index (κ2) is 9.88. The summed E-state index contributed by atoms with van der Waals surface area (Å²) in [5.41, 5.74) is -1.89. The van der Waals surface area contributed by atoms with Crippen molar-refractivity contribution in [2.75, 3.05) is 13.2 Å². The normalized spacial score (nSPS) is 30.0. The van der Waals surface area contributed by atoms with Gasteiger partial charge in [0.25, 0.3) is 5.56 Å². The second-order valence-electron chi connectivity index (χ2n) is 6.02. The van der Waals surface area contributed by atoms with Crippen LogP contribution in [0.15, 0.2) is 21.9 Å². The van der Waals surface area contributed by atoms with Gasteiger partial charge in [0.05, 0.1) is 0 Å². The summed E-state index contributed by atoms with van der Waals surface area (Å²) in [6, 6.07) is 0.872. The number of aromatic amines is 1. The molecule has 0 bridgehead atoms. The van der Waals surface area contributed by atoms with Crippen LogP contribution < -0.4 is 11.2 Å². The Morgan fingerprint density at radius 3 is 2.44 bits per heavy atom. The molecule has 1 aliphatic heterocycles. The first kappa shape index (κ1) is 27.5. The van der Waals surface area contributed by atoms with Crippen molar-refractivity contribution in [2.45, 2.75) is 31.2 Å². The predicted octanol–water partition coefficient (Wildman–Crippen LogP) is -0.222. The summed E-state index contributed by atoms with van der Waals surface area (Å²) < 4.78 is 72.4. The van der Waals surface area contributed by atoms with Gasteiger partial charge in [0.2, 0.25) is 5.79 Å². The number of halogens is 1. The maximum absolute atomic E-state index is 14.8. The number of aliphatic hydroxyl groups excluding tert-OH is 1. The third-order valence-electron chi connectivity index (χ3n) is 3.70. The summed E-state index contributed by atoms with van der Waals surface area (Å²) in [4.78, 5) is 51.4. The lowest BCUT2D eigenvalue weighted by atomic mass is 10.1. The Morgan fingerprint density at radius 2 is 1.91 bits per heavy atom. The molecule has 0 spiro atoms. The van der Waals surface area contributed by atoms with E-state index in [1.165, 1.54) is 6.92 Å². The number of alkyl halides is 1. The molecule has 0 amide bonds. The van der Waals surface area contributed by atoms with Gasteiger partial charge in [-0.2, -0.15) is 8.62 Å². The van der Waals surface area contributed by atoms with Crippen LogP contribution in [0.5, 0.6) is 0 Å². The lowest BCUT2D eigenvalue weighted by Crippen LogP contribution is -2.48. The van der Waals surface area contributed by atoms with E-state index in [0.717, 1.165) is 12.3 Å². The third-order valence-corrected chi connectivity index (χ3v) is 8.49. The zero-order chi connectivity index (χ0) is 24.5. The van der Waals surface area contributed by atoms with Crippen molar-refractivity contribution in [3.8, 4) is 0 Å². The Bertz CT molecular complexity index is 1090. The Hall–Kier alpha value is -0.710. The highest BCUT2D eigenvalue weighted by Crippen LogP contribution is 2.70. The first-order chi connectivity index (χ1) is 14.5. The zero-order valence-corrected chi connectivity index (χ0v) is 19.4. The van der Waals surface area contributed by atoms with E-state index in [2.05, 4.69) is 25.4 Å². The van der Waals surface area contributed by atoms with Crippen molar-refractivity contribution in [3.05, 3.63) is 33.1 Å². The van der Waals surface area contributed by atoms with Gasteiger partial charge in [-0.05, 0) is 6.92 Å². The minimum atomic E-state index is -5.66. The van der Waals surface area contributed by atoms with Crippen molar-refractivity contribution in [2.24, 2.45) is 0 Å². The van der Waals surface area contributed by atoms with Crippen LogP contribution in [-0.4, -0.2) is 60.6 Å². The molecule has 0 aromatic carbocycles. The molecular formula is C11H18FN2O14P3S. The highest BCUT2D eigenvalue weighted by molar-refractivity contribution is 8.45. The van der Waals surface area contributed by atoms with Gasteiger partial charge in [-0.15, -0.1) is 0 Å². The van der Waals surface area contributed by atoms with Crippen LogP contribution in [-0.2, 0) is 36.3 Å². The van der Waals surface area contributed by atoms with Crippen LogP contribution in [0.3, 0.4) is 0 Å². The molecule has 1 aliphatic rings. The smallest absolute Gasteiger partial charge is 0.384 e. The number of hydrogen-bond acceptors (Lipinski definition) is 11. The number of phosphoric acid groups is 2. The van der Waals surface area contributed by atoms with Gasteiger partial charge in [-0.25, -0.2) is 22.9 Å². The van der Waals surface area contributed by atoms with Crippen LogP contribution in [0.1, 0.15) is 13.2 Å². The molecule has 21 heteroatoms. The van der Waals surface area contributed by atoms with Gasteiger partial charge in [0, 0.05) is 18.9 Å². The number of ether oxygens (including phenoxy) is 2. The lowest BCUT2D eigenvalue weighted by Gasteiger charge is -2.31. The number of H-pyrrole nitrogens is 1. The van der Waals surface area contributed by atoms with E-state index in [4.69, 9.17) is 19.3 Å². The molecule has 184 valence electrons. The topological polar surface area (TPSA) is 233 Å². The SMILES string of the molecule is CCO[C@]1(COP(=O)(S)OP(=O)(O)OP(=O)(O)O)O[C@@H](n2ccc(=O)[nH]c2=O)[C@H](F)[C@@H]1O. The molecule has 2 heterocycles. The molecule has 0 radical (unpaired) electrons. The van der Waals surface area contributed by atoms with E-state index < -0.39 is 64.6 Å². The Morgan fingerprint density at radius 1 is 1.28 bits per heavy atom. The highest BCUT2D eigenvalue weighted by atomic mass is 32.7. The largest absolute Gasteiger partial charge is 0.488 e. The average molecular weight is 546 g/mol. The predicted molar refractivity (Wildman–Crippen MR) is 103 cm³/mol. The third kappa shape index (κ3) is 6.90. The van der Waals surface area contributed by atoms with E-state index in [1.807, 2.05) is 4.98 Å². The number of aliphatic hydroxyl groups is 1. The number of thiol groups is 1. The molecule has 16 nitrogen and oxygen atoms in total. The number of aromatic nitrogens is 2. The summed E-state index contributed by atoms with van der Waals surface area (Å²) in [7, 11) is -11.2. The maximum Gasteiger partial charge on any atom is 0.488 e. The van der Waals surface area contributed by atoms with Crippen molar-refractivity contribution < 1.29 is 60.5 Å². The minimum Gasteiger partial charge on any atom is -0.384 e. The number of nitrogens with zero attached hydrogens (tertiary/aromatic N) is 1. The molecule has 1 aromatic rings. The molecular weight excluding hydrogens is 528 g/mol. The zero-order valence-electron chi connectivity index (χ0n) is 15.8. The quantitative estimate of drug-likeness (QED) is 0.165. The molecule has 1 saturated heterocycles. The molecule has 32 heavy (non-hydrogen) atoms. The van der Waals surface area contributed by atoms with E-state index in [1.54, 1.807) is 0 Å². The summed E-state index contributed by atoms with van der Waals surface area (Å²) in [6.45, 7) is -5.01. The fourth-order valence-corrected chi connectivity index (χ4v) is 6.62. The standard InChI is InChI=1S/C11H18FN2O14P3S/c1-2-24-11(5-25-31(23,32)28-30(21,22)27-29(18,19)20)8(16)7(12)9(26-11)14-4-3-6(15)13-10(14)17/h3-4,7-9,16H,2,5H2,1H3,(H,21,22)(H,23,32)(H,13,15,17)(H2,18,19,20)/t7-,8+,9-,11-,31?/m1/s1. The fraction of sp³-hybridized carbons (Fsp3) is 0.636. The molecule has 5 N–H and O–H groups in total. The summed E-state index contributed by atoms with van der Waals surface area (Å²) in [5.74, 6) is -2.46. The van der Waals surface area contributed by atoms with Crippen LogP contribution in [0.25, 0.3) is 0 Å². The molecule has 0 aliphatic carbocycles. The van der Waals surface area contributed by atoms with E-state index >= 15 is 0 Å². The van der Waals surface area contributed by atoms with E-state index in [9.17, 15) is 37.7 Å². The molecule has 6 atom stereocenters. The number of hydrogen-bond donors (Lipinski definition) is 6. The van der Waals surface area contributed by atoms with Crippen molar-refractivity contribution >= 4 is 34.7 Å². The first-order valence-corrected chi connectivity index (χ1v) is 14.0. The first-order valence-electron chi connectivity index (χ1n) is 8.24. The van der Waals surface area contributed by atoms with Crippen molar-refractivity contribution in [1.29, 1.82) is 0 Å². The number of rotatable bonds is 10. The van der Waals surface area contributed by atoms with Crippen LogP contribution in [0, 0.1) is 0 Å². The molecule has 2 rings (SSSR count). The number of nitrogens with one attached hydrogen (secondary N) is 1. The molecule has 2 unspecified atom stereocenters. The minimum absolute atomic E-state index is 0.252. The van der Waals surface area contributed by atoms with Gasteiger partial charge >= 0.3 is 28.1 Å². The van der Waals surface area contributed by atoms with Gasteiger partial charge in [0.1, 0.15) is 12.7 Å². The average Bonchev–Trinajstić information content (AvgIpc) is 2.83. The second-order valence-corrected chi connectivity index (χ2v) is 11.9. The van der Waals surface area contributed by atoms with Gasteiger partial charge in [0.15, 0.2) is 12.4 Å². The van der Waals surface area contributed by atoms with Crippen molar-refractivity contribution in [1.82, 2.24) is 9.55 Å². The lowest BCUT2D eigenvalue weighted by molar-refractivity contribution is -0.276. The summed E-state index contributed by atoms with van der Waals surface area (Å²) in [5, 5.41) is 10.3. The molecule has 1 fully saturated rings. The Balaban J connectivity index is 2.25. The van der Waals surface area contributed by atoms with E-state index in [0.29, 0.717) is 4.57 Å². The van der Waals surface area contributed by atoms with Gasteiger partial charge in [-0.3, -0.25) is 18.9 Å². The summed E-state index contributed by atoms with van der Waals surface area (Å²) >= 11 is 3.34.